The Labute approximate surface area is 295 Å². The summed E-state index contributed by atoms with van der Waals surface area (Å²) < 4.78 is 35.9. The molecular formula is C42H38O9. The second-order valence-electron chi connectivity index (χ2n) is 12.6. The van der Waals surface area contributed by atoms with E-state index >= 15 is 0 Å². The summed E-state index contributed by atoms with van der Waals surface area (Å²) in [4.78, 5) is 26.6. The number of phenols is 1. The van der Waals surface area contributed by atoms with Gasteiger partial charge in [0.05, 0.1) is 12.5 Å². The number of fused-ring (bicyclic) bond motifs is 1. The van der Waals surface area contributed by atoms with E-state index in [1.807, 2.05) is 91.0 Å². The second kappa shape index (κ2) is 15.6. The highest BCUT2D eigenvalue weighted by molar-refractivity contribution is 5.88. The fourth-order valence-electron chi connectivity index (χ4n) is 5.34. The van der Waals surface area contributed by atoms with Gasteiger partial charge in [-0.3, -0.25) is 9.59 Å². The van der Waals surface area contributed by atoms with Gasteiger partial charge in [-0.15, -0.1) is 0 Å². The van der Waals surface area contributed by atoms with E-state index in [2.05, 4.69) is 0 Å². The van der Waals surface area contributed by atoms with Crippen molar-refractivity contribution < 1.29 is 38.0 Å². The van der Waals surface area contributed by atoms with Crippen LogP contribution >= 0.6 is 0 Å². The van der Waals surface area contributed by atoms with E-state index in [-0.39, 0.29) is 54.7 Å². The lowest BCUT2D eigenvalue weighted by molar-refractivity contribution is -0.152. The first-order valence-corrected chi connectivity index (χ1v) is 16.4. The van der Waals surface area contributed by atoms with Crippen molar-refractivity contribution in [2.75, 3.05) is 13.7 Å². The zero-order chi connectivity index (χ0) is 35.8. The molecule has 0 saturated carbocycles. The molecule has 1 aromatic heterocycles. The third kappa shape index (κ3) is 8.33. The van der Waals surface area contributed by atoms with Gasteiger partial charge in [-0.05, 0) is 48.7 Å². The maximum atomic E-state index is 14.1. The van der Waals surface area contributed by atoms with Gasteiger partial charge in [0.15, 0.2) is 17.3 Å². The van der Waals surface area contributed by atoms with Crippen molar-refractivity contribution in [3.8, 4) is 40.1 Å². The Balaban J connectivity index is 1.43. The van der Waals surface area contributed by atoms with Crippen molar-refractivity contribution in [2.45, 2.75) is 33.7 Å². The molecule has 260 valence electrons. The molecule has 0 aliphatic rings. The van der Waals surface area contributed by atoms with Gasteiger partial charge in [0, 0.05) is 17.7 Å². The number of benzene rings is 5. The molecule has 51 heavy (non-hydrogen) atoms. The Bertz CT molecular complexity index is 2160. The lowest BCUT2D eigenvalue weighted by atomic mass is 9.95. The molecule has 0 aliphatic carbocycles. The van der Waals surface area contributed by atoms with E-state index in [0.29, 0.717) is 22.8 Å². The van der Waals surface area contributed by atoms with Crippen LogP contribution in [-0.4, -0.2) is 24.8 Å². The van der Waals surface area contributed by atoms with Crippen LogP contribution in [0.5, 0.6) is 28.7 Å². The summed E-state index contributed by atoms with van der Waals surface area (Å²) in [5.41, 5.74) is 1.71. The standard InChI is InChI=1S/C42H38O9/c1-42(2,41(45)46-3)27-50-35-21-31(19-20-34(35)48-25-29-15-9-5-10-16-29)39-40(49-26-30-17-11-6-12-18-30)38(44)37-33(43)22-32(23-36(37)51-39)47-24-28-13-7-4-8-14-28/h4-23,43H,24-27H2,1-3H3. The summed E-state index contributed by atoms with van der Waals surface area (Å²) in [6.45, 7) is 3.98. The molecule has 0 fully saturated rings. The molecule has 0 amide bonds. The van der Waals surface area contributed by atoms with Gasteiger partial charge in [-0.1, -0.05) is 91.0 Å². The predicted octanol–water partition coefficient (Wildman–Crippen LogP) is 8.48. The average molecular weight is 687 g/mol. The molecule has 6 aromatic rings. The van der Waals surface area contributed by atoms with Crippen molar-refractivity contribution in [3.63, 3.8) is 0 Å². The summed E-state index contributed by atoms with van der Waals surface area (Å²) in [5, 5.41) is 11.0. The fourth-order valence-corrected chi connectivity index (χ4v) is 5.34. The van der Waals surface area contributed by atoms with Gasteiger partial charge < -0.3 is 33.2 Å². The van der Waals surface area contributed by atoms with Gasteiger partial charge in [0.25, 0.3) is 0 Å². The van der Waals surface area contributed by atoms with Crippen LogP contribution in [0.15, 0.2) is 131 Å². The number of ether oxygens (including phenoxy) is 5. The normalized spacial score (nSPS) is 11.2. The molecule has 1 N–H and O–H groups in total. The van der Waals surface area contributed by atoms with Gasteiger partial charge in [0.2, 0.25) is 11.2 Å². The first-order chi connectivity index (χ1) is 24.7. The van der Waals surface area contributed by atoms with Crippen LogP contribution < -0.4 is 24.4 Å². The number of rotatable bonds is 14. The van der Waals surface area contributed by atoms with E-state index in [4.69, 9.17) is 28.1 Å². The van der Waals surface area contributed by atoms with Gasteiger partial charge in [-0.2, -0.15) is 0 Å². The third-order valence-electron chi connectivity index (χ3n) is 8.15. The van der Waals surface area contributed by atoms with Crippen molar-refractivity contribution in [3.05, 3.63) is 148 Å². The highest BCUT2D eigenvalue weighted by atomic mass is 16.5. The molecule has 6 rings (SSSR count). The largest absolute Gasteiger partial charge is 0.507 e. The van der Waals surface area contributed by atoms with Crippen molar-refractivity contribution >= 4 is 16.9 Å². The summed E-state index contributed by atoms with van der Waals surface area (Å²) in [6, 6.07) is 36.7. The number of hydrogen-bond donors (Lipinski definition) is 1. The van der Waals surface area contributed by atoms with Crippen LogP contribution in [-0.2, 0) is 29.4 Å². The minimum atomic E-state index is -0.978. The van der Waals surface area contributed by atoms with Crippen LogP contribution in [0.4, 0.5) is 0 Å². The van der Waals surface area contributed by atoms with Crippen molar-refractivity contribution in [1.82, 2.24) is 0 Å². The monoisotopic (exact) mass is 686 g/mol. The number of carbonyl (C=O) groups excluding carboxylic acids is 1. The number of methoxy groups -OCH3 is 1. The third-order valence-corrected chi connectivity index (χ3v) is 8.15. The minimum absolute atomic E-state index is 0.0279. The first-order valence-electron chi connectivity index (χ1n) is 16.4. The topological polar surface area (TPSA) is 114 Å². The van der Waals surface area contributed by atoms with E-state index in [0.717, 1.165) is 16.7 Å². The number of aromatic hydroxyl groups is 1. The Morgan fingerprint density at radius 1 is 0.686 bits per heavy atom. The van der Waals surface area contributed by atoms with Crippen molar-refractivity contribution in [2.24, 2.45) is 5.41 Å². The smallest absolute Gasteiger partial charge is 0.314 e. The SMILES string of the molecule is COC(=O)C(C)(C)COc1cc(-c2oc3cc(OCc4ccccc4)cc(O)c3c(=O)c2OCc2ccccc2)ccc1OCc1ccccc1. The Morgan fingerprint density at radius 2 is 1.25 bits per heavy atom. The molecule has 1 heterocycles. The molecule has 0 aliphatic heterocycles. The van der Waals surface area contributed by atoms with Crippen LogP contribution in [0.1, 0.15) is 30.5 Å². The molecule has 0 unspecified atom stereocenters. The summed E-state index contributed by atoms with van der Waals surface area (Å²) >= 11 is 0. The molecule has 0 atom stereocenters. The second-order valence-corrected chi connectivity index (χ2v) is 12.6. The fraction of sp³-hybridized carbons (Fsp3) is 0.190. The quantitative estimate of drug-likeness (QED) is 0.113. The molecule has 9 nitrogen and oxygen atoms in total. The Hall–Kier alpha value is -6.22. The number of esters is 1. The predicted molar refractivity (Wildman–Crippen MR) is 193 cm³/mol. The summed E-state index contributed by atoms with van der Waals surface area (Å²) in [7, 11) is 1.33. The molecule has 0 radical (unpaired) electrons. The lowest BCUT2D eigenvalue weighted by Gasteiger charge is -2.23. The molecule has 9 heteroatoms. The van der Waals surface area contributed by atoms with Crippen LogP contribution in [0.3, 0.4) is 0 Å². The van der Waals surface area contributed by atoms with E-state index < -0.39 is 16.8 Å². The van der Waals surface area contributed by atoms with Crippen LogP contribution in [0, 0.1) is 5.41 Å². The van der Waals surface area contributed by atoms with Gasteiger partial charge in [0.1, 0.15) is 48.9 Å². The Morgan fingerprint density at radius 3 is 1.84 bits per heavy atom. The summed E-state index contributed by atoms with van der Waals surface area (Å²) in [5.74, 6) is 0.293. The zero-order valence-corrected chi connectivity index (χ0v) is 28.6. The number of phenolic OH excluding ortho intramolecular Hbond substituents is 1. The van der Waals surface area contributed by atoms with Crippen LogP contribution in [0.25, 0.3) is 22.3 Å². The molecular weight excluding hydrogens is 648 g/mol. The molecule has 0 spiro atoms. The van der Waals surface area contributed by atoms with Gasteiger partial charge in [-0.25, -0.2) is 0 Å². The lowest BCUT2D eigenvalue weighted by Crippen LogP contribution is -2.32. The van der Waals surface area contributed by atoms with E-state index in [1.165, 1.54) is 13.2 Å². The highest BCUT2D eigenvalue weighted by Crippen LogP contribution is 2.40. The van der Waals surface area contributed by atoms with Crippen molar-refractivity contribution in [1.29, 1.82) is 0 Å². The van der Waals surface area contributed by atoms with E-state index in [1.54, 1.807) is 38.1 Å². The minimum Gasteiger partial charge on any atom is -0.507 e. The molecule has 0 saturated heterocycles. The molecule has 0 bridgehead atoms. The average Bonchev–Trinajstić information content (AvgIpc) is 3.15. The molecule has 5 aromatic carbocycles. The number of carbonyl (C=O) groups is 1. The Kier molecular flexibility index (Phi) is 10.6. The van der Waals surface area contributed by atoms with Crippen LogP contribution in [0.2, 0.25) is 0 Å². The maximum Gasteiger partial charge on any atom is 0.314 e. The first kappa shape index (κ1) is 34.6. The summed E-state index contributed by atoms with van der Waals surface area (Å²) in [6.07, 6.45) is 0. The van der Waals surface area contributed by atoms with Gasteiger partial charge >= 0.3 is 5.97 Å². The highest BCUT2D eigenvalue weighted by Gasteiger charge is 2.30. The zero-order valence-electron chi connectivity index (χ0n) is 28.6. The van der Waals surface area contributed by atoms with E-state index in [9.17, 15) is 14.7 Å². The maximum absolute atomic E-state index is 14.1. The number of hydrogen-bond acceptors (Lipinski definition) is 9.